The highest BCUT2D eigenvalue weighted by molar-refractivity contribution is 5.42. The van der Waals surface area contributed by atoms with Crippen LogP contribution < -0.4 is 0 Å². The lowest BCUT2D eigenvalue weighted by Gasteiger charge is -2.17. The lowest BCUT2D eigenvalue weighted by atomic mass is 9.89. The molecule has 70 valence electrons. The van der Waals surface area contributed by atoms with Gasteiger partial charge in [0.1, 0.15) is 0 Å². The van der Waals surface area contributed by atoms with E-state index in [0.29, 0.717) is 23.9 Å². The fourth-order valence-corrected chi connectivity index (χ4v) is 4.75. The van der Waals surface area contributed by atoms with Gasteiger partial charge in [-0.05, 0) is 24.2 Å². The summed E-state index contributed by atoms with van der Waals surface area (Å²) in [7, 11) is 0. The molecule has 1 spiro atoms. The third-order valence-electron chi connectivity index (χ3n) is 5.28. The fourth-order valence-electron chi connectivity index (χ4n) is 4.75. The fraction of sp³-hybridized carbons (Fsp3) is 0.818. The quantitative estimate of drug-likeness (QED) is 0.602. The van der Waals surface area contributed by atoms with Crippen molar-refractivity contribution in [2.75, 3.05) is 19.8 Å². The summed E-state index contributed by atoms with van der Waals surface area (Å²) in [6.45, 7) is 2.22. The van der Waals surface area contributed by atoms with Gasteiger partial charge in [-0.1, -0.05) is 12.2 Å². The predicted molar refractivity (Wildman–Crippen MR) is 47.0 cm³/mol. The Morgan fingerprint density at radius 3 is 3.15 bits per heavy atom. The maximum atomic E-state index is 9.59. The van der Waals surface area contributed by atoms with E-state index < -0.39 is 0 Å². The van der Waals surface area contributed by atoms with Gasteiger partial charge in [0.05, 0.1) is 19.8 Å². The van der Waals surface area contributed by atoms with Crippen LogP contribution in [0.2, 0.25) is 0 Å². The highest BCUT2D eigenvalue weighted by Gasteiger charge is 2.86. The van der Waals surface area contributed by atoms with E-state index in [1.165, 1.54) is 6.42 Å². The minimum atomic E-state index is 0.230. The number of aliphatic hydroxyl groups is 1. The van der Waals surface area contributed by atoms with Crippen molar-refractivity contribution in [1.29, 1.82) is 0 Å². The molecule has 2 saturated carbocycles. The third kappa shape index (κ3) is 0.441. The van der Waals surface area contributed by atoms with E-state index >= 15 is 0 Å². The second-order valence-electron chi connectivity index (χ2n) is 5.16. The van der Waals surface area contributed by atoms with Crippen LogP contribution in [0, 0.1) is 28.6 Å². The van der Waals surface area contributed by atoms with E-state index in [1.54, 1.807) is 0 Å². The highest BCUT2D eigenvalue weighted by atomic mass is 16.5. The molecule has 0 aromatic rings. The van der Waals surface area contributed by atoms with Gasteiger partial charge in [0.25, 0.3) is 0 Å². The van der Waals surface area contributed by atoms with Crippen LogP contribution in [0.1, 0.15) is 6.42 Å². The van der Waals surface area contributed by atoms with Gasteiger partial charge in [0.15, 0.2) is 0 Å². The molecule has 0 amide bonds. The molecule has 4 rings (SSSR count). The molecule has 4 aliphatic rings. The van der Waals surface area contributed by atoms with Gasteiger partial charge in [-0.2, -0.15) is 0 Å². The maximum Gasteiger partial charge on any atom is 0.0538 e. The third-order valence-corrected chi connectivity index (χ3v) is 5.28. The maximum absolute atomic E-state index is 9.59. The largest absolute Gasteiger partial charge is 0.396 e. The number of aliphatic hydroxyl groups excluding tert-OH is 1. The van der Waals surface area contributed by atoms with E-state index in [1.807, 2.05) is 0 Å². The van der Waals surface area contributed by atoms with Gasteiger partial charge in [-0.25, -0.2) is 0 Å². The monoisotopic (exact) mass is 178 g/mol. The standard InChI is InChI=1S/C11H14O2/c12-5-10-7-1-2-9(10)11(10)6-13-4-8(11)3-7/h1-2,7-9,12H,3-6H2. The zero-order valence-electron chi connectivity index (χ0n) is 7.57. The normalized spacial score (nSPS) is 65.5. The van der Waals surface area contributed by atoms with Crippen molar-refractivity contribution < 1.29 is 9.84 Å². The Kier molecular flexibility index (Phi) is 0.935. The molecule has 3 fully saturated rings. The summed E-state index contributed by atoms with van der Waals surface area (Å²) in [6.07, 6.45) is 5.94. The van der Waals surface area contributed by atoms with Gasteiger partial charge in [-0.15, -0.1) is 0 Å². The van der Waals surface area contributed by atoms with Gasteiger partial charge in [0.2, 0.25) is 0 Å². The number of hydrogen-bond donors (Lipinski definition) is 1. The average Bonchev–Trinajstić information content (AvgIpc) is 2.48. The average molecular weight is 178 g/mol. The lowest BCUT2D eigenvalue weighted by molar-refractivity contribution is 0.124. The van der Waals surface area contributed by atoms with E-state index in [2.05, 4.69) is 12.2 Å². The summed E-state index contributed by atoms with van der Waals surface area (Å²) < 4.78 is 5.59. The molecule has 0 bridgehead atoms. The molecule has 1 saturated heterocycles. The van der Waals surface area contributed by atoms with Crippen LogP contribution in [0.4, 0.5) is 0 Å². The van der Waals surface area contributed by atoms with Gasteiger partial charge in [-0.3, -0.25) is 0 Å². The molecule has 1 heterocycles. The first-order valence-electron chi connectivity index (χ1n) is 5.23. The molecule has 0 radical (unpaired) electrons. The first-order chi connectivity index (χ1) is 6.36. The summed E-state index contributed by atoms with van der Waals surface area (Å²) in [5.41, 5.74) is 0.606. The minimum absolute atomic E-state index is 0.230. The van der Waals surface area contributed by atoms with Crippen LogP contribution in [-0.2, 0) is 4.74 Å². The molecule has 0 aromatic heterocycles. The molecular weight excluding hydrogens is 164 g/mol. The molecule has 13 heavy (non-hydrogen) atoms. The van der Waals surface area contributed by atoms with Crippen LogP contribution >= 0.6 is 0 Å². The van der Waals surface area contributed by atoms with E-state index in [-0.39, 0.29) is 5.41 Å². The number of rotatable bonds is 1. The van der Waals surface area contributed by atoms with Crippen LogP contribution in [0.25, 0.3) is 0 Å². The molecule has 1 aliphatic heterocycles. The smallest absolute Gasteiger partial charge is 0.0538 e. The second-order valence-corrected chi connectivity index (χ2v) is 5.16. The predicted octanol–water partition coefficient (Wildman–Crippen LogP) is 0.817. The Labute approximate surface area is 77.6 Å². The SMILES string of the molecule is OCC12C3C=CC1C21COCC1C3. The number of allylic oxidation sites excluding steroid dienone is 2. The van der Waals surface area contributed by atoms with Crippen molar-refractivity contribution in [2.24, 2.45) is 28.6 Å². The molecule has 0 aromatic carbocycles. The van der Waals surface area contributed by atoms with E-state index in [9.17, 15) is 5.11 Å². The van der Waals surface area contributed by atoms with Crippen molar-refractivity contribution in [1.82, 2.24) is 0 Å². The molecule has 1 N–H and O–H groups in total. The van der Waals surface area contributed by atoms with Crippen LogP contribution in [-0.4, -0.2) is 24.9 Å². The van der Waals surface area contributed by atoms with Crippen molar-refractivity contribution in [3.8, 4) is 0 Å². The minimum Gasteiger partial charge on any atom is -0.396 e. The molecule has 3 aliphatic carbocycles. The lowest BCUT2D eigenvalue weighted by Crippen LogP contribution is -2.20. The van der Waals surface area contributed by atoms with Crippen molar-refractivity contribution >= 4 is 0 Å². The summed E-state index contributed by atoms with van der Waals surface area (Å²) in [5, 5.41) is 9.59. The Morgan fingerprint density at radius 1 is 1.46 bits per heavy atom. The Hall–Kier alpha value is -0.340. The second kappa shape index (κ2) is 1.73. The van der Waals surface area contributed by atoms with Crippen LogP contribution in [0.5, 0.6) is 0 Å². The first kappa shape index (κ1) is 7.02. The van der Waals surface area contributed by atoms with E-state index in [0.717, 1.165) is 19.1 Å². The Morgan fingerprint density at radius 2 is 2.38 bits per heavy atom. The van der Waals surface area contributed by atoms with Crippen LogP contribution in [0.15, 0.2) is 12.2 Å². The zero-order chi connectivity index (χ0) is 8.68. The highest BCUT2D eigenvalue weighted by Crippen LogP contribution is 2.85. The van der Waals surface area contributed by atoms with E-state index in [4.69, 9.17) is 4.74 Å². The Bertz CT molecular complexity index is 311. The summed E-state index contributed by atoms with van der Waals surface area (Å²) in [6, 6.07) is 0. The van der Waals surface area contributed by atoms with Crippen LogP contribution in [0.3, 0.4) is 0 Å². The first-order valence-corrected chi connectivity index (χ1v) is 5.23. The summed E-state index contributed by atoms with van der Waals surface area (Å²) in [4.78, 5) is 0. The van der Waals surface area contributed by atoms with Crippen molar-refractivity contribution in [3.05, 3.63) is 12.2 Å². The number of ether oxygens (including phenoxy) is 1. The zero-order valence-corrected chi connectivity index (χ0v) is 7.57. The molecule has 5 unspecified atom stereocenters. The molecular formula is C11H14O2. The van der Waals surface area contributed by atoms with Crippen molar-refractivity contribution in [3.63, 3.8) is 0 Å². The number of hydrogen-bond acceptors (Lipinski definition) is 2. The van der Waals surface area contributed by atoms with Crippen molar-refractivity contribution in [2.45, 2.75) is 6.42 Å². The van der Waals surface area contributed by atoms with Gasteiger partial charge in [0, 0.05) is 10.8 Å². The molecule has 2 heteroatoms. The van der Waals surface area contributed by atoms with Gasteiger partial charge < -0.3 is 9.84 Å². The topological polar surface area (TPSA) is 29.5 Å². The molecule has 2 nitrogen and oxygen atoms in total. The summed E-state index contributed by atoms with van der Waals surface area (Å²) >= 11 is 0. The van der Waals surface area contributed by atoms with Gasteiger partial charge >= 0.3 is 0 Å². The Balaban J connectivity index is 1.90. The summed E-state index contributed by atoms with van der Waals surface area (Å²) in [5.74, 6) is 2.05. The molecule has 5 atom stereocenters.